The molecule has 0 spiro atoms. The third-order valence-electron chi connectivity index (χ3n) is 5.43. The van der Waals surface area contributed by atoms with Gasteiger partial charge in [-0.05, 0) is 42.5 Å². The summed E-state index contributed by atoms with van der Waals surface area (Å²) in [6, 6.07) is 13.9. The molecule has 0 bridgehead atoms. The van der Waals surface area contributed by atoms with E-state index in [0.29, 0.717) is 38.9 Å². The number of fused-ring (bicyclic) bond motifs is 1. The molecule has 1 aliphatic rings. The second-order valence-corrected chi connectivity index (χ2v) is 7.41. The molecule has 0 saturated carbocycles. The Kier molecular flexibility index (Phi) is 5.84. The van der Waals surface area contributed by atoms with Crippen LogP contribution in [-0.2, 0) is 30.7 Å². The Balaban J connectivity index is 1.33. The highest BCUT2D eigenvalue weighted by molar-refractivity contribution is 5.78. The fourth-order valence-corrected chi connectivity index (χ4v) is 3.77. The van der Waals surface area contributed by atoms with Crippen LogP contribution in [-0.4, -0.2) is 31.8 Å². The second-order valence-electron chi connectivity index (χ2n) is 7.41. The first-order valence-corrected chi connectivity index (χ1v) is 10.1. The van der Waals surface area contributed by atoms with E-state index in [1.54, 1.807) is 17.0 Å². The number of rotatable bonds is 6. The van der Waals surface area contributed by atoms with Gasteiger partial charge in [0.05, 0.1) is 6.54 Å². The van der Waals surface area contributed by atoms with Crippen molar-refractivity contribution in [1.82, 2.24) is 24.6 Å². The lowest BCUT2D eigenvalue weighted by molar-refractivity contribution is -0.125. The number of carbonyl (C=O) groups excluding carboxylic acids is 1. The van der Waals surface area contributed by atoms with Gasteiger partial charge >= 0.3 is 5.69 Å². The lowest BCUT2D eigenvalue weighted by Gasteiger charge is -2.14. The average Bonchev–Trinajstić information content (AvgIpc) is 2.91. The quantitative estimate of drug-likeness (QED) is 0.695. The van der Waals surface area contributed by atoms with Gasteiger partial charge < -0.3 is 5.32 Å². The summed E-state index contributed by atoms with van der Waals surface area (Å²) in [5, 5.41) is 7.56. The third-order valence-corrected chi connectivity index (χ3v) is 5.43. The van der Waals surface area contributed by atoms with Crippen molar-refractivity contribution in [1.29, 1.82) is 0 Å². The van der Waals surface area contributed by atoms with Crippen molar-refractivity contribution in [3.8, 4) is 0 Å². The van der Waals surface area contributed by atoms with E-state index >= 15 is 0 Å². The molecule has 4 rings (SSSR count). The van der Waals surface area contributed by atoms with Crippen molar-refractivity contribution in [3.05, 3.63) is 82.3 Å². The van der Waals surface area contributed by atoms with Crippen LogP contribution in [0.2, 0.25) is 0 Å². The van der Waals surface area contributed by atoms with Crippen LogP contribution < -0.4 is 11.0 Å². The SMILES string of the molecule is O=C(NCCc1ccccc1)C1CCc2nn(Cc3ccncc3)c(=O)n2CC1. The van der Waals surface area contributed by atoms with Crippen molar-refractivity contribution in [2.75, 3.05) is 6.54 Å². The smallest absolute Gasteiger partial charge is 0.346 e. The summed E-state index contributed by atoms with van der Waals surface area (Å²) in [4.78, 5) is 29.3. The number of nitrogens with one attached hydrogen (secondary N) is 1. The molecule has 150 valence electrons. The van der Waals surface area contributed by atoms with Crippen LogP contribution in [0.15, 0.2) is 59.7 Å². The van der Waals surface area contributed by atoms with Crippen LogP contribution in [0.25, 0.3) is 0 Å². The Morgan fingerprint density at radius 1 is 1.07 bits per heavy atom. The highest BCUT2D eigenvalue weighted by atomic mass is 16.2. The Morgan fingerprint density at radius 2 is 1.86 bits per heavy atom. The van der Waals surface area contributed by atoms with E-state index in [1.165, 1.54) is 10.2 Å². The lowest BCUT2D eigenvalue weighted by atomic mass is 9.99. The molecule has 1 N–H and O–H groups in total. The van der Waals surface area contributed by atoms with Gasteiger partial charge in [0.25, 0.3) is 0 Å². The number of pyridine rings is 1. The largest absolute Gasteiger partial charge is 0.356 e. The van der Waals surface area contributed by atoms with Gasteiger partial charge in [0.1, 0.15) is 5.82 Å². The fourth-order valence-electron chi connectivity index (χ4n) is 3.77. The van der Waals surface area contributed by atoms with Crippen LogP contribution in [0.1, 0.15) is 29.8 Å². The predicted molar refractivity (Wildman–Crippen MR) is 109 cm³/mol. The monoisotopic (exact) mass is 391 g/mol. The number of benzene rings is 1. The average molecular weight is 391 g/mol. The number of hydrogen-bond acceptors (Lipinski definition) is 4. The van der Waals surface area contributed by atoms with Crippen molar-refractivity contribution < 1.29 is 4.79 Å². The first kappa shape index (κ1) is 19.1. The highest BCUT2D eigenvalue weighted by Crippen LogP contribution is 2.18. The summed E-state index contributed by atoms with van der Waals surface area (Å²) in [7, 11) is 0. The first-order valence-electron chi connectivity index (χ1n) is 10.1. The van der Waals surface area contributed by atoms with Crippen LogP contribution in [0.3, 0.4) is 0 Å². The molecule has 7 heteroatoms. The zero-order valence-corrected chi connectivity index (χ0v) is 16.3. The Hall–Kier alpha value is -3.22. The number of aryl methyl sites for hydroxylation is 1. The Morgan fingerprint density at radius 3 is 2.66 bits per heavy atom. The van der Waals surface area contributed by atoms with E-state index in [-0.39, 0.29) is 17.5 Å². The number of amides is 1. The molecule has 0 saturated heterocycles. The van der Waals surface area contributed by atoms with E-state index in [0.717, 1.165) is 17.8 Å². The molecule has 1 unspecified atom stereocenters. The van der Waals surface area contributed by atoms with Crippen LogP contribution in [0, 0.1) is 5.92 Å². The summed E-state index contributed by atoms with van der Waals surface area (Å²) in [5.41, 5.74) is 2.09. The van der Waals surface area contributed by atoms with Crippen molar-refractivity contribution in [2.24, 2.45) is 5.92 Å². The van der Waals surface area contributed by atoms with Gasteiger partial charge in [0.2, 0.25) is 5.91 Å². The molecule has 3 aromatic rings. The molecule has 1 aliphatic heterocycles. The summed E-state index contributed by atoms with van der Waals surface area (Å²) in [6.07, 6.45) is 6.24. The standard InChI is InChI=1S/C22H25N5O2/c28-21(24-14-10-17-4-2-1-3-5-17)19-6-7-20-25-27(22(29)26(20)15-11-19)16-18-8-12-23-13-9-18/h1-5,8-9,12-13,19H,6-7,10-11,14-16H2,(H,24,28). The van der Waals surface area contributed by atoms with Gasteiger partial charge in [-0.3, -0.25) is 14.3 Å². The third kappa shape index (κ3) is 4.62. The van der Waals surface area contributed by atoms with Crippen molar-refractivity contribution >= 4 is 5.91 Å². The zero-order chi connectivity index (χ0) is 20.1. The van der Waals surface area contributed by atoms with Gasteiger partial charge in [0.15, 0.2) is 0 Å². The summed E-state index contributed by atoms with van der Waals surface area (Å²) < 4.78 is 3.23. The minimum atomic E-state index is -0.109. The van der Waals surface area contributed by atoms with Gasteiger partial charge in [-0.2, -0.15) is 5.10 Å². The van der Waals surface area contributed by atoms with E-state index < -0.39 is 0 Å². The maximum atomic E-state index is 12.7. The molecule has 0 fully saturated rings. The molecule has 29 heavy (non-hydrogen) atoms. The first-order chi connectivity index (χ1) is 14.2. The minimum Gasteiger partial charge on any atom is -0.356 e. The molecule has 1 amide bonds. The molecular formula is C22H25N5O2. The summed E-state index contributed by atoms with van der Waals surface area (Å²) >= 11 is 0. The molecular weight excluding hydrogens is 366 g/mol. The maximum Gasteiger partial charge on any atom is 0.346 e. The number of hydrogen-bond donors (Lipinski definition) is 1. The highest BCUT2D eigenvalue weighted by Gasteiger charge is 2.25. The lowest BCUT2D eigenvalue weighted by Crippen LogP contribution is -2.33. The zero-order valence-electron chi connectivity index (χ0n) is 16.3. The minimum absolute atomic E-state index is 0.0730. The van der Waals surface area contributed by atoms with Crippen LogP contribution in [0.4, 0.5) is 0 Å². The second kappa shape index (κ2) is 8.86. The molecule has 1 aromatic carbocycles. The Labute approximate surface area is 169 Å². The van der Waals surface area contributed by atoms with Gasteiger partial charge in [-0.1, -0.05) is 30.3 Å². The Bertz CT molecular complexity index is 1010. The molecule has 2 aromatic heterocycles. The van der Waals surface area contributed by atoms with E-state index in [2.05, 4.69) is 27.5 Å². The number of carbonyl (C=O) groups is 1. The topological polar surface area (TPSA) is 81.8 Å². The van der Waals surface area contributed by atoms with E-state index in [4.69, 9.17) is 0 Å². The maximum absolute atomic E-state index is 12.7. The molecule has 0 radical (unpaired) electrons. The molecule has 0 aliphatic carbocycles. The van der Waals surface area contributed by atoms with Crippen LogP contribution in [0.5, 0.6) is 0 Å². The molecule has 3 heterocycles. The number of aromatic nitrogens is 4. The van der Waals surface area contributed by atoms with Gasteiger partial charge in [0, 0.05) is 37.8 Å². The predicted octanol–water partition coefficient (Wildman–Crippen LogP) is 1.80. The van der Waals surface area contributed by atoms with Crippen LogP contribution >= 0.6 is 0 Å². The summed E-state index contributed by atoms with van der Waals surface area (Å²) in [6.45, 7) is 1.59. The molecule has 1 atom stereocenters. The van der Waals surface area contributed by atoms with Crippen molar-refractivity contribution in [3.63, 3.8) is 0 Å². The van der Waals surface area contributed by atoms with Crippen molar-refractivity contribution in [2.45, 2.75) is 38.8 Å². The number of nitrogens with zero attached hydrogens (tertiary/aromatic N) is 4. The van der Waals surface area contributed by atoms with E-state index in [9.17, 15) is 9.59 Å². The van der Waals surface area contributed by atoms with E-state index in [1.807, 2.05) is 30.3 Å². The summed E-state index contributed by atoms with van der Waals surface area (Å²) in [5.74, 6) is 0.757. The molecule has 7 nitrogen and oxygen atoms in total. The fraction of sp³-hybridized carbons (Fsp3) is 0.364. The van der Waals surface area contributed by atoms with Gasteiger partial charge in [-0.15, -0.1) is 0 Å². The van der Waals surface area contributed by atoms with Gasteiger partial charge in [-0.25, -0.2) is 9.48 Å². The normalized spacial score (nSPS) is 16.1.